The topological polar surface area (TPSA) is 99.1 Å². The van der Waals surface area contributed by atoms with Crippen molar-refractivity contribution in [2.45, 2.75) is 11.7 Å². The monoisotopic (exact) mass is 268 g/mol. The molecule has 1 unspecified atom stereocenters. The third-order valence-corrected chi connectivity index (χ3v) is 4.02. The van der Waals surface area contributed by atoms with Crippen molar-refractivity contribution in [3.8, 4) is 0 Å². The molecule has 0 radical (unpaired) electrons. The zero-order chi connectivity index (χ0) is 12.7. The number of nitrogens with one attached hydrogen (secondary N) is 1. The Kier molecular flexibility index (Phi) is 6.31. The number of nitrogens with zero attached hydrogens (tertiary/aromatic N) is 1. The van der Waals surface area contributed by atoms with Gasteiger partial charge in [0, 0.05) is 19.6 Å². The van der Waals surface area contributed by atoms with Crippen LogP contribution in [0.4, 0.5) is 0 Å². The van der Waals surface area contributed by atoms with E-state index >= 15 is 0 Å². The van der Waals surface area contributed by atoms with Gasteiger partial charge in [-0.25, -0.2) is 0 Å². The Balaban J connectivity index is 2.37. The summed E-state index contributed by atoms with van der Waals surface area (Å²) in [5.74, 6) is 0. The van der Waals surface area contributed by atoms with Crippen LogP contribution in [0.1, 0.15) is 6.42 Å². The van der Waals surface area contributed by atoms with E-state index in [1.165, 1.54) is 0 Å². The Bertz CT molecular complexity index is 303. The summed E-state index contributed by atoms with van der Waals surface area (Å²) in [5.41, 5.74) is 0. The summed E-state index contributed by atoms with van der Waals surface area (Å²) in [6, 6.07) is 0. The molecular weight excluding hydrogens is 248 g/mol. The second-order valence-electron chi connectivity index (χ2n) is 3.99. The molecule has 0 amide bonds. The van der Waals surface area contributed by atoms with Gasteiger partial charge in [-0.3, -0.25) is 14.8 Å². The lowest BCUT2D eigenvalue weighted by Crippen LogP contribution is -2.41. The molecule has 1 fully saturated rings. The zero-order valence-electron chi connectivity index (χ0n) is 9.71. The van der Waals surface area contributed by atoms with E-state index in [4.69, 9.17) is 14.4 Å². The smallest absolute Gasteiger partial charge is 0.269 e. The zero-order valence-corrected chi connectivity index (χ0v) is 10.5. The molecule has 0 aromatic rings. The van der Waals surface area contributed by atoms with Crippen molar-refractivity contribution in [2.75, 3.05) is 46.1 Å². The molecule has 1 saturated heterocycles. The van der Waals surface area contributed by atoms with Crippen LogP contribution in [0.5, 0.6) is 0 Å². The van der Waals surface area contributed by atoms with E-state index < -0.39 is 15.4 Å². The van der Waals surface area contributed by atoms with Crippen molar-refractivity contribution in [1.29, 1.82) is 0 Å². The predicted molar refractivity (Wildman–Crippen MR) is 62.3 cm³/mol. The summed E-state index contributed by atoms with van der Waals surface area (Å²) in [4.78, 5) is 2.10. The van der Waals surface area contributed by atoms with E-state index in [0.717, 1.165) is 13.1 Å². The van der Waals surface area contributed by atoms with Crippen molar-refractivity contribution < 1.29 is 22.8 Å². The summed E-state index contributed by atoms with van der Waals surface area (Å²) in [5, 5.41) is 10.2. The lowest BCUT2D eigenvalue weighted by atomic mass is 10.2. The van der Waals surface area contributed by atoms with Gasteiger partial charge in [0.25, 0.3) is 10.1 Å². The van der Waals surface area contributed by atoms with Crippen molar-refractivity contribution in [3.05, 3.63) is 0 Å². The van der Waals surface area contributed by atoms with Crippen molar-refractivity contribution >= 4 is 10.1 Å². The maximum atomic E-state index is 11.1. The molecule has 1 aliphatic rings. The SMILES string of the molecule is O=S(=O)(O)C(CCN1CCOCC1)CNCO. The van der Waals surface area contributed by atoms with Gasteiger partial charge in [0.2, 0.25) is 0 Å². The molecule has 1 atom stereocenters. The molecule has 0 aliphatic carbocycles. The first-order valence-corrected chi connectivity index (χ1v) is 7.12. The minimum absolute atomic E-state index is 0.0552. The first-order chi connectivity index (χ1) is 8.04. The Morgan fingerprint density at radius 1 is 1.35 bits per heavy atom. The number of hydrogen-bond donors (Lipinski definition) is 3. The van der Waals surface area contributed by atoms with Crippen LogP contribution in [0.15, 0.2) is 0 Å². The van der Waals surface area contributed by atoms with Crippen LogP contribution in [0.3, 0.4) is 0 Å². The van der Waals surface area contributed by atoms with Gasteiger partial charge < -0.3 is 9.84 Å². The van der Waals surface area contributed by atoms with Gasteiger partial charge in [0.05, 0.1) is 19.9 Å². The van der Waals surface area contributed by atoms with Gasteiger partial charge in [-0.05, 0) is 13.0 Å². The lowest BCUT2D eigenvalue weighted by Gasteiger charge is -2.27. The van der Waals surface area contributed by atoms with Crippen molar-refractivity contribution in [1.82, 2.24) is 10.2 Å². The lowest BCUT2D eigenvalue weighted by molar-refractivity contribution is 0.0372. The van der Waals surface area contributed by atoms with Crippen LogP contribution in [0.2, 0.25) is 0 Å². The largest absolute Gasteiger partial charge is 0.381 e. The van der Waals surface area contributed by atoms with E-state index in [-0.39, 0.29) is 13.3 Å². The molecule has 8 heteroatoms. The number of morpholine rings is 1. The molecule has 0 bridgehead atoms. The fraction of sp³-hybridized carbons (Fsp3) is 1.00. The molecule has 1 aliphatic heterocycles. The molecule has 0 spiro atoms. The summed E-state index contributed by atoms with van der Waals surface area (Å²) in [7, 11) is -4.07. The number of aliphatic hydroxyl groups is 1. The third kappa shape index (κ3) is 5.75. The summed E-state index contributed by atoms with van der Waals surface area (Å²) >= 11 is 0. The quantitative estimate of drug-likeness (QED) is 0.382. The molecule has 0 saturated carbocycles. The molecule has 1 rings (SSSR count). The summed E-state index contributed by atoms with van der Waals surface area (Å²) in [6.45, 7) is 3.23. The second kappa shape index (κ2) is 7.24. The summed E-state index contributed by atoms with van der Waals surface area (Å²) < 4.78 is 36.4. The Hall–Kier alpha value is -0.250. The van der Waals surface area contributed by atoms with Gasteiger partial charge in [0.15, 0.2) is 0 Å². The fourth-order valence-corrected chi connectivity index (χ4v) is 2.46. The highest BCUT2D eigenvalue weighted by Gasteiger charge is 2.23. The van der Waals surface area contributed by atoms with E-state index in [1.54, 1.807) is 0 Å². The number of rotatable bonds is 7. The van der Waals surface area contributed by atoms with Gasteiger partial charge >= 0.3 is 0 Å². The maximum absolute atomic E-state index is 11.1. The van der Waals surface area contributed by atoms with Crippen LogP contribution in [-0.4, -0.2) is 74.4 Å². The van der Waals surface area contributed by atoms with Gasteiger partial charge in [-0.2, -0.15) is 8.42 Å². The first-order valence-electron chi connectivity index (χ1n) is 5.62. The molecule has 0 aromatic heterocycles. The van der Waals surface area contributed by atoms with E-state index in [9.17, 15) is 8.42 Å². The van der Waals surface area contributed by atoms with E-state index in [0.29, 0.717) is 26.2 Å². The number of hydrogen-bond acceptors (Lipinski definition) is 6. The normalized spacial score (nSPS) is 20.4. The first kappa shape index (κ1) is 14.8. The Morgan fingerprint density at radius 2 is 2.00 bits per heavy atom. The van der Waals surface area contributed by atoms with Gasteiger partial charge in [0.1, 0.15) is 5.25 Å². The van der Waals surface area contributed by atoms with Crippen molar-refractivity contribution in [3.63, 3.8) is 0 Å². The second-order valence-corrected chi connectivity index (χ2v) is 5.69. The molecule has 1 heterocycles. The van der Waals surface area contributed by atoms with E-state index in [1.807, 2.05) is 0 Å². The third-order valence-electron chi connectivity index (χ3n) is 2.78. The van der Waals surface area contributed by atoms with Crippen LogP contribution in [0.25, 0.3) is 0 Å². The molecule has 7 nitrogen and oxygen atoms in total. The summed E-state index contributed by atoms with van der Waals surface area (Å²) in [6.07, 6.45) is 0.339. The Labute approximate surface area is 101 Å². The minimum atomic E-state index is -4.07. The highest BCUT2D eigenvalue weighted by atomic mass is 32.2. The standard InChI is InChI=1S/C9H20N2O5S/c12-8-10-7-9(17(13,14)15)1-2-11-3-5-16-6-4-11/h9-10,12H,1-8H2,(H,13,14,15). The molecule has 3 N–H and O–H groups in total. The van der Waals surface area contributed by atoms with E-state index in [2.05, 4.69) is 10.2 Å². The van der Waals surface area contributed by atoms with Crippen LogP contribution in [-0.2, 0) is 14.9 Å². The molecule has 0 aromatic carbocycles. The highest BCUT2D eigenvalue weighted by Crippen LogP contribution is 2.06. The van der Waals surface area contributed by atoms with Crippen LogP contribution in [0, 0.1) is 0 Å². The van der Waals surface area contributed by atoms with Crippen LogP contribution >= 0.6 is 0 Å². The van der Waals surface area contributed by atoms with Crippen molar-refractivity contribution in [2.24, 2.45) is 0 Å². The highest BCUT2D eigenvalue weighted by molar-refractivity contribution is 7.86. The van der Waals surface area contributed by atoms with Crippen LogP contribution < -0.4 is 5.32 Å². The average molecular weight is 268 g/mol. The fourth-order valence-electron chi connectivity index (χ4n) is 1.73. The molecular formula is C9H20N2O5S. The minimum Gasteiger partial charge on any atom is -0.381 e. The number of ether oxygens (including phenoxy) is 1. The Morgan fingerprint density at radius 3 is 2.53 bits per heavy atom. The molecule has 17 heavy (non-hydrogen) atoms. The molecule has 102 valence electrons. The number of aliphatic hydroxyl groups excluding tert-OH is 1. The average Bonchev–Trinajstić information content (AvgIpc) is 2.29. The predicted octanol–water partition coefficient (Wildman–Crippen LogP) is -1.50. The maximum Gasteiger partial charge on any atom is 0.269 e. The van der Waals surface area contributed by atoms with Gasteiger partial charge in [-0.15, -0.1) is 0 Å². The van der Waals surface area contributed by atoms with Gasteiger partial charge in [-0.1, -0.05) is 0 Å².